The van der Waals surface area contributed by atoms with Crippen LogP contribution in [0.2, 0.25) is 0 Å². The quantitative estimate of drug-likeness (QED) is 0.111. The number of likely N-dealkylation sites (tertiary alicyclic amines) is 2. The Morgan fingerprint density at radius 2 is 1.05 bits per heavy atom. The highest BCUT2D eigenvalue weighted by molar-refractivity contribution is 6.04. The number of imidazole rings is 2. The van der Waals surface area contributed by atoms with Crippen molar-refractivity contribution in [2.75, 3.05) is 14.2 Å². The van der Waals surface area contributed by atoms with Crippen molar-refractivity contribution in [2.45, 2.75) is 115 Å². The van der Waals surface area contributed by atoms with E-state index in [-0.39, 0.29) is 47.8 Å². The molecular weight excluding hydrogens is 761 g/mol. The highest BCUT2D eigenvalue weighted by Gasteiger charge is 2.51. The average molecular weight is 817 g/mol. The van der Waals surface area contributed by atoms with Crippen molar-refractivity contribution in [1.29, 1.82) is 0 Å². The number of carbonyl (C=O) groups is 4. The van der Waals surface area contributed by atoms with Crippen molar-refractivity contribution >= 4 is 24.0 Å². The van der Waals surface area contributed by atoms with Crippen molar-refractivity contribution in [3.63, 3.8) is 0 Å². The van der Waals surface area contributed by atoms with E-state index >= 15 is 0 Å². The maximum atomic E-state index is 14.2. The third-order valence-electron chi connectivity index (χ3n) is 14.0. The number of aromatic amines is 2. The highest BCUT2D eigenvalue weighted by atomic mass is 16.5. The molecule has 14 heteroatoms. The lowest BCUT2D eigenvalue weighted by Gasteiger charge is -2.33. The van der Waals surface area contributed by atoms with Crippen molar-refractivity contribution < 1.29 is 28.7 Å². The zero-order chi connectivity index (χ0) is 42.0. The first kappa shape index (κ1) is 39.8. The van der Waals surface area contributed by atoms with Crippen LogP contribution in [0.1, 0.15) is 103 Å². The van der Waals surface area contributed by atoms with Gasteiger partial charge < -0.3 is 39.9 Å². The number of alkyl carbamates (subject to hydrolysis) is 2. The topological polar surface area (TPSA) is 175 Å². The second-order valence-electron chi connectivity index (χ2n) is 18.1. The first-order valence-electron chi connectivity index (χ1n) is 21.7. The van der Waals surface area contributed by atoms with Gasteiger partial charge in [-0.2, -0.15) is 0 Å². The summed E-state index contributed by atoms with van der Waals surface area (Å²) in [4.78, 5) is 73.6. The van der Waals surface area contributed by atoms with E-state index < -0.39 is 24.3 Å². The van der Waals surface area contributed by atoms with Crippen molar-refractivity contribution in [2.24, 2.45) is 23.7 Å². The van der Waals surface area contributed by atoms with Gasteiger partial charge in [-0.25, -0.2) is 19.6 Å². The van der Waals surface area contributed by atoms with Gasteiger partial charge in [0.2, 0.25) is 11.8 Å². The Kier molecular flexibility index (Phi) is 10.4. The standard InChI is InChI=1S/C46H56N8O6/c1-23(2)39(51-45(57)59-5)43(55)53-35-11-7-9-27(35)19-37(53)41-47-21-33(49-41)25-13-15-29-31(17-25)30-16-14-26(18-32(29)30)34-22-48-42(50-34)38-20-28-10-8-12-36(28)54(38)44(56)40(24(3)4)52-46(58)60-6/h13-18,21-24,27-28,35-40H,7-12,19-20H2,1-6H3,(H,47,49)(H,48,50)(H,51,57)(H,52,58)/t27-,28-,35-,36-,37-,38-,39-,40-/m0/s1. The number of nitrogens with one attached hydrogen (secondary N) is 4. The monoisotopic (exact) mass is 816 g/mol. The number of fused-ring (bicyclic) bond motifs is 6. The van der Waals surface area contributed by atoms with Crippen molar-refractivity contribution in [3.8, 4) is 44.8 Å². The van der Waals surface area contributed by atoms with E-state index in [1.54, 1.807) is 0 Å². The Morgan fingerprint density at radius 3 is 1.43 bits per heavy atom. The number of carbonyl (C=O) groups excluding carboxylic acids is 4. The third-order valence-corrected chi connectivity index (χ3v) is 14.0. The summed E-state index contributed by atoms with van der Waals surface area (Å²) in [6.07, 6.45) is 10.5. The van der Waals surface area contributed by atoms with Crippen LogP contribution in [0, 0.1) is 23.7 Å². The summed E-state index contributed by atoms with van der Waals surface area (Å²) < 4.78 is 9.72. The Morgan fingerprint density at radius 1 is 0.633 bits per heavy atom. The summed E-state index contributed by atoms with van der Waals surface area (Å²) in [6, 6.07) is 11.4. The Labute approximate surface area is 350 Å². The van der Waals surface area contributed by atoms with Crippen molar-refractivity contribution in [1.82, 2.24) is 40.4 Å². The van der Waals surface area contributed by atoms with Crippen LogP contribution < -0.4 is 10.6 Å². The van der Waals surface area contributed by atoms with Crippen LogP contribution in [-0.2, 0) is 19.1 Å². The number of amides is 4. The molecule has 0 unspecified atom stereocenters. The summed E-state index contributed by atoms with van der Waals surface area (Å²) in [7, 11) is 2.63. The number of methoxy groups -OCH3 is 2. The smallest absolute Gasteiger partial charge is 0.407 e. The molecule has 4 amide bonds. The summed E-state index contributed by atoms with van der Waals surface area (Å²) in [6.45, 7) is 7.76. The second-order valence-corrected chi connectivity index (χ2v) is 18.1. The van der Waals surface area contributed by atoms with E-state index in [2.05, 4.69) is 57.0 Å². The van der Waals surface area contributed by atoms with Crippen LogP contribution in [0.5, 0.6) is 0 Å². The molecule has 4 fully saturated rings. The highest BCUT2D eigenvalue weighted by Crippen LogP contribution is 2.52. The van der Waals surface area contributed by atoms with E-state index in [1.807, 2.05) is 49.9 Å². The maximum Gasteiger partial charge on any atom is 0.407 e. The number of ether oxygens (including phenoxy) is 2. The molecule has 60 heavy (non-hydrogen) atoms. The Hall–Kier alpha value is -5.66. The molecule has 0 bridgehead atoms. The van der Waals surface area contributed by atoms with Gasteiger partial charge in [-0.05, 0) is 96.6 Å². The number of hydrogen-bond donors (Lipinski definition) is 4. The molecule has 0 radical (unpaired) electrons. The van der Waals surface area contributed by atoms with Crippen LogP contribution in [0.25, 0.3) is 44.8 Å². The van der Waals surface area contributed by atoms with E-state index in [0.717, 1.165) is 85.5 Å². The molecule has 0 spiro atoms. The molecule has 2 saturated heterocycles. The molecule has 14 nitrogen and oxygen atoms in total. The first-order chi connectivity index (χ1) is 28.9. The minimum atomic E-state index is -0.688. The number of benzene rings is 2. The zero-order valence-electron chi connectivity index (χ0n) is 35.3. The fourth-order valence-electron chi connectivity index (χ4n) is 11.0. The van der Waals surface area contributed by atoms with Crippen LogP contribution in [0.15, 0.2) is 48.8 Å². The van der Waals surface area contributed by atoms with Gasteiger partial charge in [-0.15, -0.1) is 0 Å². The third kappa shape index (κ3) is 6.81. The molecule has 4 N–H and O–H groups in total. The minimum Gasteiger partial charge on any atom is -0.453 e. The Bertz CT molecular complexity index is 2140. The van der Waals surface area contributed by atoms with E-state index in [4.69, 9.17) is 19.4 Å². The molecule has 9 rings (SSSR count). The molecule has 4 aromatic rings. The number of nitrogens with zero attached hydrogens (tertiary/aromatic N) is 4. The van der Waals surface area contributed by atoms with Gasteiger partial charge in [-0.3, -0.25) is 9.59 Å². The number of H-pyrrole nitrogens is 2. The van der Waals surface area contributed by atoms with Gasteiger partial charge >= 0.3 is 12.2 Å². The first-order valence-corrected chi connectivity index (χ1v) is 21.7. The van der Waals surface area contributed by atoms with Crippen LogP contribution >= 0.6 is 0 Å². The molecule has 316 valence electrons. The van der Waals surface area contributed by atoms with Crippen LogP contribution in [0.4, 0.5) is 9.59 Å². The van der Waals surface area contributed by atoms with Gasteiger partial charge in [0.15, 0.2) is 0 Å². The molecule has 5 aliphatic rings. The van der Waals surface area contributed by atoms with E-state index in [9.17, 15) is 19.2 Å². The number of aromatic nitrogens is 4. The molecule has 2 aromatic carbocycles. The van der Waals surface area contributed by atoms with Gasteiger partial charge in [-0.1, -0.05) is 64.8 Å². The normalized spacial score (nSPS) is 24.7. The lowest BCUT2D eigenvalue weighted by atomic mass is 9.78. The van der Waals surface area contributed by atoms with Crippen LogP contribution in [-0.4, -0.2) is 92.1 Å². The summed E-state index contributed by atoms with van der Waals surface area (Å²) >= 11 is 0. The Balaban J connectivity index is 0.925. The lowest BCUT2D eigenvalue weighted by molar-refractivity contribution is -0.138. The molecule has 3 aliphatic carbocycles. The number of rotatable bonds is 10. The maximum absolute atomic E-state index is 14.2. The van der Waals surface area contributed by atoms with Gasteiger partial charge in [0.05, 0.1) is 50.1 Å². The predicted octanol–water partition coefficient (Wildman–Crippen LogP) is 7.76. The number of hydrogen-bond acceptors (Lipinski definition) is 8. The molecular formula is C46H56N8O6. The van der Waals surface area contributed by atoms with Gasteiger partial charge in [0.1, 0.15) is 23.7 Å². The predicted molar refractivity (Wildman–Crippen MR) is 225 cm³/mol. The molecule has 4 heterocycles. The van der Waals surface area contributed by atoms with Gasteiger partial charge in [0, 0.05) is 23.2 Å². The fourth-order valence-corrected chi connectivity index (χ4v) is 11.0. The SMILES string of the molecule is COC(=O)N[C@H](C(=O)N1[C@H](c2ncc(-c3ccc4c(c3)-c3ccc(-c5cnc([C@@H]6C[C@@H]7CCC[C@@H]7N6C(=O)[C@@H](NC(=O)OC)C(C)C)[nH]5)cc3-4)[nH]2)C[C@@H]2CCC[C@@H]21)C(C)C. The van der Waals surface area contributed by atoms with E-state index in [1.165, 1.54) is 36.5 Å². The fraction of sp³-hybridized carbons (Fsp3) is 0.522. The summed E-state index contributed by atoms with van der Waals surface area (Å²) in [5.74, 6) is 1.97. The second kappa shape index (κ2) is 15.7. The lowest BCUT2D eigenvalue weighted by Crippen LogP contribution is -2.53. The summed E-state index contributed by atoms with van der Waals surface area (Å²) in [5.41, 5.74) is 8.51. The average Bonchev–Trinajstić information content (AvgIpc) is 4.09. The molecule has 2 saturated carbocycles. The molecule has 2 aromatic heterocycles. The van der Waals surface area contributed by atoms with Gasteiger partial charge in [0.25, 0.3) is 0 Å². The molecule has 8 atom stereocenters. The summed E-state index contributed by atoms with van der Waals surface area (Å²) in [5, 5.41) is 5.57. The van der Waals surface area contributed by atoms with Crippen molar-refractivity contribution in [3.05, 3.63) is 60.4 Å². The molecule has 2 aliphatic heterocycles. The largest absolute Gasteiger partial charge is 0.453 e. The van der Waals surface area contributed by atoms with Crippen LogP contribution in [0.3, 0.4) is 0 Å². The van der Waals surface area contributed by atoms with E-state index in [0.29, 0.717) is 11.8 Å². The minimum absolute atomic E-state index is 0.0844. The zero-order valence-corrected chi connectivity index (χ0v) is 35.3.